The Bertz CT molecular complexity index is 245. The first-order valence-electron chi connectivity index (χ1n) is 7.37. The lowest BCUT2D eigenvalue weighted by molar-refractivity contribution is -0.127. The topological polar surface area (TPSA) is 113 Å². The number of hydrogen-bond donors (Lipinski definition) is 4. The summed E-state index contributed by atoms with van der Waals surface area (Å²) < 4.78 is 5.41. The second kappa shape index (κ2) is 14.7. The molecule has 21 heavy (non-hydrogen) atoms. The molecule has 0 saturated carbocycles. The van der Waals surface area contributed by atoms with E-state index in [-0.39, 0.29) is 12.4 Å². The molecule has 0 aromatic heterocycles. The molecule has 0 amide bonds. The van der Waals surface area contributed by atoms with Gasteiger partial charge in [0.2, 0.25) is 0 Å². The third-order valence-corrected chi connectivity index (χ3v) is 3.26. The fourth-order valence-corrected chi connectivity index (χ4v) is 1.94. The first kappa shape index (κ1) is 23.0. The van der Waals surface area contributed by atoms with Crippen LogP contribution >= 0.6 is 12.4 Å². The minimum atomic E-state index is -1.37. The van der Waals surface area contributed by atoms with Crippen molar-refractivity contribution in [1.29, 1.82) is 0 Å². The van der Waals surface area contributed by atoms with Crippen LogP contribution in [0.25, 0.3) is 0 Å². The molecule has 0 rings (SSSR count). The van der Waals surface area contributed by atoms with Crippen molar-refractivity contribution in [3.63, 3.8) is 0 Å². The van der Waals surface area contributed by atoms with Gasteiger partial charge in [-0.1, -0.05) is 39.0 Å². The van der Waals surface area contributed by atoms with Crippen LogP contribution in [0.5, 0.6) is 0 Å². The van der Waals surface area contributed by atoms with Crippen molar-refractivity contribution in [3.05, 3.63) is 0 Å². The number of nitrogens with two attached hydrogens (primary N) is 1. The zero-order chi connectivity index (χ0) is 15.4. The molecule has 0 aliphatic heterocycles. The summed E-state index contributed by atoms with van der Waals surface area (Å²) in [4.78, 5) is 10.7. The van der Waals surface area contributed by atoms with Gasteiger partial charge in [-0.05, 0) is 6.42 Å². The zero-order valence-corrected chi connectivity index (χ0v) is 13.5. The number of aliphatic hydroxyl groups excluding tert-OH is 3. The summed E-state index contributed by atoms with van der Waals surface area (Å²) in [5.41, 5.74) is 5.55. The minimum Gasteiger partial charge on any atom is -0.394 e. The molecule has 0 aromatic carbocycles. The minimum absolute atomic E-state index is 0. The first-order chi connectivity index (χ1) is 9.58. The molecule has 0 aromatic rings. The van der Waals surface area contributed by atoms with Crippen molar-refractivity contribution >= 4 is 18.7 Å². The van der Waals surface area contributed by atoms with Crippen LogP contribution in [0, 0.1) is 0 Å². The molecule has 0 spiro atoms. The molecule has 4 atom stereocenters. The molecule has 0 fully saturated rings. The molecule has 0 aliphatic rings. The number of halogens is 1. The monoisotopic (exact) mass is 327 g/mol. The number of hydrogen-bond acceptors (Lipinski definition) is 6. The molecular weight excluding hydrogens is 298 g/mol. The fraction of sp³-hybridized carbons (Fsp3) is 0.929. The van der Waals surface area contributed by atoms with Gasteiger partial charge in [0.15, 0.2) is 0 Å². The van der Waals surface area contributed by atoms with Crippen LogP contribution in [0.4, 0.5) is 0 Å². The lowest BCUT2D eigenvalue weighted by Gasteiger charge is -2.28. The second-order valence-electron chi connectivity index (χ2n) is 5.06. The van der Waals surface area contributed by atoms with Gasteiger partial charge in [0.25, 0.3) is 0 Å². The highest BCUT2D eigenvalue weighted by Crippen LogP contribution is 2.10. The highest BCUT2D eigenvalue weighted by molar-refractivity contribution is 5.85. The molecule has 0 bridgehead atoms. The molecule has 0 saturated heterocycles. The Morgan fingerprint density at radius 2 is 1.71 bits per heavy atom. The maximum absolute atomic E-state index is 10.7. The summed E-state index contributed by atoms with van der Waals surface area (Å²) in [5, 5.41) is 28.0. The van der Waals surface area contributed by atoms with E-state index in [0.717, 1.165) is 19.3 Å². The van der Waals surface area contributed by atoms with Gasteiger partial charge in [-0.25, -0.2) is 0 Å². The lowest BCUT2D eigenvalue weighted by atomic mass is 10.0. The van der Waals surface area contributed by atoms with Gasteiger partial charge in [-0.2, -0.15) is 0 Å². The van der Waals surface area contributed by atoms with Gasteiger partial charge in [0, 0.05) is 6.61 Å². The predicted octanol–water partition coefficient (Wildman–Crippen LogP) is 0.394. The SMILES string of the molecule is CCCCCCCCOC(C(N)C=O)C(O)C(O)CO.Cl. The van der Waals surface area contributed by atoms with Crippen molar-refractivity contribution in [2.24, 2.45) is 5.73 Å². The normalized spacial score (nSPS) is 16.6. The van der Waals surface area contributed by atoms with E-state index in [1.54, 1.807) is 0 Å². The van der Waals surface area contributed by atoms with E-state index in [1.165, 1.54) is 19.3 Å². The van der Waals surface area contributed by atoms with Crippen LogP contribution in [0.3, 0.4) is 0 Å². The first-order valence-corrected chi connectivity index (χ1v) is 7.37. The molecule has 128 valence electrons. The van der Waals surface area contributed by atoms with Gasteiger partial charge in [-0.3, -0.25) is 0 Å². The summed E-state index contributed by atoms with van der Waals surface area (Å²) in [6.07, 6.45) is 3.30. The van der Waals surface area contributed by atoms with Gasteiger partial charge in [0.1, 0.15) is 24.6 Å². The van der Waals surface area contributed by atoms with E-state index >= 15 is 0 Å². The quantitative estimate of drug-likeness (QED) is 0.287. The Balaban J connectivity index is 0. The molecule has 6 nitrogen and oxygen atoms in total. The van der Waals surface area contributed by atoms with Gasteiger partial charge >= 0.3 is 0 Å². The van der Waals surface area contributed by atoms with Crippen molar-refractivity contribution in [1.82, 2.24) is 0 Å². The van der Waals surface area contributed by atoms with Crippen molar-refractivity contribution in [2.45, 2.75) is 69.8 Å². The number of aldehydes is 1. The van der Waals surface area contributed by atoms with E-state index in [0.29, 0.717) is 12.9 Å². The molecule has 0 aliphatic carbocycles. The average Bonchev–Trinajstić information content (AvgIpc) is 2.47. The third-order valence-electron chi connectivity index (χ3n) is 3.26. The Kier molecular flexibility index (Phi) is 16.1. The van der Waals surface area contributed by atoms with Crippen LogP contribution in [0.2, 0.25) is 0 Å². The van der Waals surface area contributed by atoms with E-state index < -0.39 is 31.0 Å². The van der Waals surface area contributed by atoms with E-state index in [4.69, 9.17) is 15.6 Å². The Hall–Kier alpha value is -0.240. The standard InChI is InChI=1S/C14H29NO5.ClH/c1-2-3-4-5-6-7-8-20-14(11(15)9-16)13(19)12(18)10-17;/h9,11-14,17-19H,2-8,10,15H2,1H3;1H. The largest absolute Gasteiger partial charge is 0.394 e. The third kappa shape index (κ3) is 10.2. The molecule has 7 heteroatoms. The van der Waals surface area contributed by atoms with Crippen LogP contribution < -0.4 is 5.73 Å². The summed E-state index contributed by atoms with van der Waals surface area (Å²) in [7, 11) is 0. The van der Waals surface area contributed by atoms with Crippen molar-refractivity contribution < 1.29 is 24.9 Å². The number of ether oxygens (including phenoxy) is 1. The number of carbonyl (C=O) groups excluding carboxylic acids is 1. The van der Waals surface area contributed by atoms with Crippen molar-refractivity contribution in [2.75, 3.05) is 13.2 Å². The molecule has 5 N–H and O–H groups in total. The highest BCUT2D eigenvalue weighted by Gasteiger charge is 2.31. The van der Waals surface area contributed by atoms with E-state index in [9.17, 15) is 15.0 Å². The molecule has 0 radical (unpaired) electrons. The summed E-state index contributed by atoms with van der Waals surface area (Å²) in [6.45, 7) is 1.92. The van der Waals surface area contributed by atoms with Crippen LogP contribution in [-0.4, -0.2) is 59.2 Å². The van der Waals surface area contributed by atoms with Gasteiger partial charge in [-0.15, -0.1) is 12.4 Å². The average molecular weight is 328 g/mol. The van der Waals surface area contributed by atoms with Crippen LogP contribution in [0.1, 0.15) is 45.4 Å². The predicted molar refractivity (Wildman–Crippen MR) is 83.5 cm³/mol. The number of rotatable bonds is 13. The molecular formula is C14H30ClNO5. The Morgan fingerprint density at radius 3 is 2.24 bits per heavy atom. The van der Waals surface area contributed by atoms with Crippen LogP contribution in [-0.2, 0) is 9.53 Å². The summed E-state index contributed by atoms with van der Waals surface area (Å²) >= 11 is 0. The lowest BCUT2D eigenvalue weighted by Crippen LogP contribution is -2.51. The van der Waals surface area contributed by atoms with Crippen LogP contribution in [0.15, 0.2) is 0 Å². The van der Waals surface area contributed by atoms with Crippen molar-refractivity contribution in [3.8, 4) is 0 Å². The Labute approximate surface area is 133 Å². The highest BCUT2D eigenvalue weighted by atomic mass is 35.5. The maximum Gasteiger partial charge on any atom is 0.139 e. The summed E-state index contributed by atoms with van der Waals surface area (Å²) in [5.74, 6) is 0. The zero-order valence-electron chi connectivity index (χ0n) is 12.7. The Morgan fingerprint density at radius 1 is 1.14 bits per heavy atom. The number of aliphatic hydroxyl groups is 3. The summed E-state index contributed by atoms with van der Waals surface area (Å²) in [6, 6.07) is -1.02. The molecule has 0 heterocycles. The second-order valence-corrected chi connectivity index (χ2v) is 5.06. The smallest absolute Gasteiger partial charge is 0.139 e. The van der Waals surface area contributed by atoms with Gasteiger partial charge in [0.05, 0.1) is 12.6 Å². The number of unbranched alkanes of at least 4 members (excludes halogenated alkanes) is 5. The van der Waals surface area contributed by atoms with E-state index in [1.807, 2.05) is 0 Å². The van der Waals surface area contributed by atoms with Gasteiger partial charge < -0.3 is 30.6 Å². The maximum atomic E-state index is 10.7. The number of carbonyl (C=O) groups is 1. The molecule has 4 unspecified atom stereocenters. The van der Waals surface area contributed by atoms with E-state index in [2.05, 4.69) is 6.92 Å². The fourth-order valence-electron chi connectivity index (χ4n) is 1.94.